The zero-order valence-electron chi connectivity index (χ0n) is 23.4. The molecule has 1 amide bonds. The second-order valence-electron chi connectivity index (χ2n) is 9.99. The third-order valence-electron chi connectivity index (χ3n) is 7.17. The van der Waals surface area contributed by atoms with Crippen molar-refractivity contribution < 1.29 is 17.9 Å². The monoisotopic (exact) mass is 567 g/mol. The summed E-state index contributed by atoms with van der Waals surface area (Å²) in [6.07, 6.45) is 3.00. The number of aryl methyl sites for hydroxylation is 2. The second kappa shape index (κ2) is 12.0. The number of unbranched alkanes of at least 4 members (excludes halogenated alkanes) is 1. The van der Waals surface area contributed by atoms with Crippen LogP contribution in [0.5, 0.6) is 5.75 Å². The Kier molecular flexibility index (Phi) is 8.21. The molecule has 0 aliphatic rings. The van der Waals surface area contributed by atoms with E-state index in [-0.39, 0.29) is 10.5 Å². The fourth-order valence-electron chi connectivity index (χ4n) is 4.98. The van der Waals surface area contributed by atoms with Crippen molar-refractivity contribution in [2.75, 3.05) is 7.11 Å². The highest BCUT2D eigenvalue weighted by atomic mass is 32.2. The maximum Gasteiger partial charge on any atom is 0.265 e. The standard InChI is InChI=1S/C33H33N3O4S/c1-4-5-15-30-34-31-23(2)16-21-29(40-3)32(31)36(30)22-24-17-19-25(20-18-24)27-13-9-10-14-28(27)33(37)35-41(38,39)26-11-7-6-8-12-26/h6-14,16-21H,4-5,15,22H2,1-3H3,(H,35,37). The lowest BCUT2D eigenvalue weighted by Crippen LogP contribution is -2.30. The van der Waals surface area contributed by atoms with E-state index in [2.05, 4.69) is 23.1 Å². The summed E-state index contributed by atoms with van der Waals surface area (Å²) in [6, 6.07) is 26.9. The third-order valence-corrected chi connectivity index (χ3v) is 8.52. The van der Waals surface area contributed by atoms with Gasteiger partial charge in [-0.05, 0) is 59.9 Å². The number of nitrogens with one attached hydrogen (secondary N) is 1. The molecule has 7 nitrogen and oxygen atoms in total. The molecular formula is C33H33N3O4S. The minimum absolute atomic E-state index is 0.0346. The van der Waals surface area contributed by atoms with Gasteiger partial charge in [-0.1, -0.05) is 80.1 Å². The van der Waals surface area contributed by atoms with Crippen molar-refractivity contribution in [3.63, 3.8) is 0 Å². The SMILES string of the molecule is CCCCc1nc2c(C)ccc(OC)c2n1Cc1ccc(-c2ccccc2C(=O)NS(=O)(=O)c2ccccc2)cc1. The van der Waals surface area contributed by atoms with Crippen LogP contribution >= 0.6 is 0 Å². The Bertz CT molecular complexity index is 1790. The van der Waals surface area contributed by atoms with Gasteiger partial charge < -0.3 is 9.30 Å². The molecule has 0 aliphatic heterocycles. The predicted molar refractivity (Wildman–Crippen MR) is 162 cm³/mol. The number of hydrogen-bond donors (Lipinski definition) is 1. The number of sulfonamides is 1. The summed E-state index contributed by atoms with van der Waals surface area (Å²) in [5.41, 5.74) is 5.87. The van der Waals surface area contributed by atoms with Crippen molar-refractivity contribution in [2.24, 2.45) is 0 Å². The molecule has 0 bridgehead atoms. The average molecular weight is 568 g/mol. The molecule has 41 heavy (non-hydrogen) atoms. The van der Waals surface area contributed by atoms with E-state index in [1.54, 1.807) is 37.4 Å². The van der Waals surface area contributed by atoms with E-state index < -0.39 is 15.9 Å². The third kappa shape index (κ3) is 5.88. The van der Waals surface area contributed by atoms with E-state index in [0.29, 0.717) is 12.1 Å². The highest BCUT2D eigenvalue weighted by molar-refractivity contribution is 7.90. The van der Waals surface area contributed by atoms with Gasteiger partial charge in [0.15, 0.2) is 0 Å². The van der Waals surface area contributed by atoms with Crippen molar-refractivity contribution >= 4 is 27.0 Å². The van der Waals surface area contributed by atoms with Crippen LogP contribution in [0.4, 0.5) is 0 Å². The van der Waals surface area contributed by atoms with E-state index in [0.717, 1.165) is 58.6 Å². The zero-order valence-corrected chi connectivity index (χ0v) is 24.2. The van der Waals surface area contributed by atoms with Crippen LogP contribution in [-0.4, -0.2) is 31.0 Å². The number of fused-ring (bicyclic) bond motifs is 1. The Hall–Kier alpha value is -4.43. The first-order valence-corrected chi connectivity index (χ1v) is 15.1. The van der Waals surface area contributed by atoms with Crippen LogP contribution in [0.2, 0.25) is 0 Å². The molecule has 0 saturated heterocycles. The highest BCUT2D eigenvalue weighted by Crippen LogP contribution is 2.31. The number of nitrogens with zero attached hydrogens (tertiary/aromatic N) is 2. The summed E-state index contributed by atoms with van der Waals surface area (Å²) in [7, 11) is -2.32. The van der Waals surface area contributed by atoms with E-state index in [4.69, 9.17) is 9.72 Å². The van der Waals surface area contributed by atoms with Crippen molar-refractivity contribution in [2.45, 2.75) is 44.6 Å². The number of aromatic nitrogens is 2. The van der Waals surface area contributed by atoms with E-state index in [1.165, 1.54) is 12.1 Å². The van der Waals surface area contributed by atoms with Crippen LogP contribution in [0.25, 0.3) is 22.2 Å². The molecule has 0 fully saturated rings. The van der Waals surface area contributed by atoms with Gasteiger partial charge in [0.05, 0.1) is 17.5 Å². The number of hydrogen-bond acceptors (Lipinski definition) is 5. The summed E-state index contributed by atoms with van der Waals surface area (Å²) in [5, 5.41) is 0. The predicted octanol–water partition coefficient (Wildman–Crippen LogP) is 6.53. The highest BCUT2D eigenvalue weighted by Gasteiger charge is 2.21. The summed E-state index contributed by atoms with van der Waals surface area (Å²) < 4.78 is 35.7. The van der Waals surface area contributed by atoms with Gasteiger partial charge in [0.25, 0.3) is 15.9 Å². The lowest BCUT2D eigenvalue weighted by atomic mass is 9.98. The van der Waals surface area contributed by atoms with Gasteiger partial charge >= 0.3 is 0 Å². The van der Waals surface area contributed by atoms with Crippen LogP contribution < -0.4 is 9.46 Å². The van der Waals surface area contributed by atoms with Crippen molar-refractivity contribution in [1.82, 2.24) is 14.3 Å². The second-order valence-corrected chi connectivity index (χ2v) is 11.7. The number of ether oxygens (including phenoxy) is 1. The van der Waals surface area contributed by atoms with Crippen molar-refractivity contribution in [3.05, 3.63) is 114 Å². The largest absolute Gasteiger partial charge is 0.494 e. The Morgan fingerprint density at radius 3 is 2.34 bits per heavy atom. The number of benzene rings is 4. The van der Waals surface area contributed by atoms with Crippen LogP contribution in [0.3, 0.4) is 0 Å². The van der Waals surface area contributed by atoms with Crippen molar-refractivity contribution in [3.8, 4) is 16.9 Å². The summed E-state index contributed by atoms with van der Waals surface area (Å²) in [5.74, 6) is 1.14. The lowest BCUT2D eigenvalue weighted by molar-refractivity contribution is 0.0982. The number of rotatable bonds is 10. The van der Waals surface area contributed by atoms with Gasteiger partial charge in [-0.15, -0.1) is 0 Å². The van der Waals surface area contributed by atoms with Gasteiger partial charge in [0.2, 0.25) is 0 Å². The van der Waals surface area contributed by atoms with Crippen LogP contribution in [0, 0.1) is 6.92 Å². The zero-order chi connectivity index (χ0) is 29.0. The molecule has 5 rings (SSSR count). The molecule has 1 N–H and O–H groups in total. The first-order valence-electron chi connectivity index (χ1n) is 13.7. The Morgan fingerprint density at radius 2 is 1.63 bits per heavy atom. The molecule has 1 aromatic heterocycles. The van der Waals surface area contributed by atoms with E-state index >= 15 is 0 Å². The van der Waals surface area contributed by atoms with Gasteiger partial charge in [0, 0.05) is 18.5 Å². The maximum atomic E-state index is 13.1. The minimum Gasteiger partial charge on any atom is -0.494 e. The smallest absolute Gasteiger partial charge is 0.265 e. The first-order chi connectivity index (χ1) is 19.8. The maximum absolute atomic E-state index is 13.1. The minimum atomic E-state index is -4.00. The molecule has 0 radical (unpaired) electrons. The normalized spacial score (nSPS) is 11.5. The summed E-state index contributed by atoms with van der Waals surface area (Å²) in [4.78, 5) is 18.2. The van der Waals surface area contributed by atoms with Crippen LogP contribution in [0.15, 0.2) is 95.9 Å². The van der Waals surface area contributed by atoms with Crippen LogP contribution in [-0.2, 0) is 23.0 Å². The van der Waals surface area contributed by atoms with E-state index in [1.807, 2.05) is 48.5 Å². The fraction of sp³-hybridized carbons (Fsp3) is 0.212. The molecule has 210 valence electrons. The molecule has 8 heteroatoms. The Labute approximate surface area is 240 Å². The Balaban J connectivity index is 1.45. The Morgan fingerprint density at radius 1 is 0.927 bits per heavy atom. The van der Waals surface area contributed by atoms with E-state index in [9.17, 15) is 13.2 Å². The van der Waals surface area contributed by atoms with Gasteiger partial charge in [-0.3, -0.25) is 4.79 Å². The molecular weight excluding hydrogens is 534 g/mol. The fourth-order valence-corrected chi connectivity index (χ4v) is 5.97. The molecule has 0 spiro atoms. The number of carbonyl (C=O) groups is 1. The molecule has 0 unspecified atom stereocenters. The summed E-state index contributed by atoms with van der Waals surface area (Å²) in [6.45, 7) is 4.86. The van der Waals surface area contributed by atoms with Gasteiger partial charge in [-0.2, -0.15) is 0 Å². The number of methoxy groups -OCH3 is 1. The molecule has 1 heterocycles. The van der Waals surface area contributed by atoms with Crippen LogP contribution in [0.1, 0.15) is 47.1 Å². The number of imidazole rings is 1. The topological polar surface area (TPSA) is 90.3 Å². The molecule has 0 atom stereocenters. The number of amides is 1. The summed E-state index contributed by atoms with van der Waals surface area (Å²) >= 11 is 0. The van der Waals surface area contributed by atoms with Gasteiger partial charge in [-0.25, -0.2) is 18.1 Å². The molecule has 0 saturated carbocycles. The van der Waals surface area contributed by atoms with Crippen molar-refractivity contribution in [1.29, 1.82) is 0 Å². The first kappa shape index (κ1) is 28.1. The quantitative estimate of drug-likeness (QED) is 0.207. The molecule has 0 aliphatic carbocycles. The molecule has 4 aromatic carbocycles. The number of carbonyl (C=O) groups excluding carboxylic acids is 1. The average Bonchev–Trinajstić information content (AvgIpc) is 3.35. The lowest BCUT2D eigenvalue weighted by Gasteiger charge is -2.14. The van der Waals surface area contributed by atoms with Gasteiger partial charge in [0.1, 0.15) is 17.1 Å². The molecule has 5 aromatic rings.